The van der Waals surface area contributed by atoms with E-state index in [1.54, 1.807) is 29.0 Å². The highest BCUT2D eigenvalue weighted by Gasteiger charge is 2.42. The minimum atomic E-state index is -0.725. The molecule has 10 rings (SSSR count). The maximum atomic E-state index is 15.3. The topological polar surface area (TPSA) is 196 Å². The van der Waals surface area contributed by atoms with Gasteiger partial charge < -0.3 is 44.7 Å². The number of amides is 4. The van der Waals surface area contributed by atoms with Crippen LogP contribution >= 0.6 is 11.6 Å². The van der Waals surface area contributed by atoms with Gasteiger partial charge in [0.1, 0.15) is 11.1 Å². The molecule has 1 atom stereocenters. The number of anilines is 4. The van der Waals surface area contributed by atoms with E-state index in [2.05, 4.69) is 36.1 Å². The molecule has 0 bridgehead atoms. The van der Waals surface area contributed by atoms with Gasteiger partial charge in [0.2, 0.25) is 17.8 Å². The molecule has 1 saturated carbocycles. The quantitative estimate of drug-likeness (QED) is 0.148. The van der Waals surface area contributed by atoms with Crippen LogP contribution in [0.15, 0.2) is 47.4 Å². The summed E-state index contributed by atoms with van der Waals surface area (Å²) in [5.74, 6) is -0.600. The number of nitrogens with zero attached hydrogens (tertiary/aromatic N) is 7. The average Bonchev–Trinajstić information content (AvgIpc) is 3.64. The zero-order valence-electron chi connectivity index (χ0n) is 38.7. The second-order valence-electron chi connectivity index (χ2n) is 18.5. The Kier molecular flexibility index (Phi) is 14.1. The summed E-state index contributed by atoms with van der Waals surface area (Å²) in [4.78, 5) is 78.3. The van der Waals surface area contributed by atoms with Crippen LogP contribution in [-0.2, 0) is 25.7 Å². The van der Waals surface area contributed by atoms with Gasteiger partial charge in [-0.25, -0.2) is 9.37 Å². The number of carbonyl (C=O) groups is 4. The second kappa shape index (κ2) is 20.4. The predicted octanol–water partition coefficient (Wildman–Crippen LogP) is 4.11. The number of rotatable bonds is 12. The molecular weight excluding hydrogens is 897 g/mol. The lowest BCUT2D eigenvalue weighted by Gasteiger charge is -2.48. The highest BCUT2D eigenvalue weighted by Crippen LogP contribution is 2.36. The minimum absolute atomic E-state index is 0.0647. The Balaban J connectivity index is 0.000000177. The first-order chi connectivity index (χ1) is 32.8. The predicted molar refractivity (Wildman–Crippen MR) is 255 cm³/mol. The van der Waals surface area contributed by atoms with Gasteiger partial charge in [-0.05, 0) is 88.8 Å². The van der Waals surface area contributed by atoms with E-state index in [1.165, 1.54) is 31.2 Å². The molecule has 1 aliphatic carbocycles. The maximum absolute atomic E-state index is 15.3. The normalized spacial score (nSPS) is 20.4. The first kappa shape index (κ1) is 47.2. The number of ether oxygens (including phenoxy) is 2. The van der Waals surface area contributed by atoms with Crippen molar-refractivity contribution in [3.63, 3.8) is 0 Å². The van der Waals surface area contributed by atoms with E-state index in [9.17, 15) is 24.0 Å². The summed E-state index contributed by atoms with van der Waals surface area (Å²) >= 11 is 6.47. The highest BCUT2D eigenvalue weighted by atomic mass is 35.5. The molecule has 2 aromatic heterocycles. The molecule has 5 fully saturated rings. The number of fused-ring (bicyclic) bond motifs is 2. The van der Waals surface area contributed by atoms with Gasteiger partial charge in [-0.1, -0.05) is 11.6 Å². The van der Waals surface area contributed by atoms with E-state index in [-0.39, 0.29) is 66.9 Å². The highest BCUT2D eigenvalue weighted by molar-refractivity contribution is 6.33. The largest absolute Gasteiger partial charge is 0.478 e. The zero-order valence-corrected chi connectivity index (χ0v) is 39.4. The lowest BCUT2D eigenvalue weighted by molar-refractivity contribution is -0.137. The Morgan fingerprint density at radius 1 is 0.956 bits per heavy atom. The lowest BCUT2D eigenvalue weighted by Crippen LogP contribution is -2.63. The molecule has 5 aliphatic heterocycles. The van der Waals surface area contributed by atoms with Crippen molar-refractivity contribution in [1.29, 1.82) is 0 Å². The zero-order chi connectivity index (χ0) is 47.6. The molecule has 4 amide bonds. The fraction of sp³-hybridized carbons (Fsp3) is 0.521. The number of likely N-dealkylation sites (N-methyl/N-ethyl adjacent to an activating group) is 1. The van der Waals surface area contributed by atoms with E-state index in [0.717, 1.165) is 81.8 Å². The summed E-state index contributed by atoms with van der Waals surface area (Å²) in [7, 11) is 1.52. The summed E-state index contributed by atoms with van der Waals surface area (Å²) in [5, 5.41) is 12.6. The Labute approximate surface area is 398 Å². The molecule has 4 saturated heterocycles. The summed E-state index contributed by atoms with van der Waals surface area (Å²) < 4.78 is 28.7. The molecule has 6 aliphatic rings. The molecule has 1 unspecified atom stereocenters. The van der Waals surface area contributed by atoms with Gasteiger partial charge in [0.05, 0.1) is 36.2 Å². The first-order valence-corrected chi connectivity index (χ1v) is 24.1. The van der Waals surface area contributed by atoms with Gasteiger partial charge in [0.25, 0.3) is 17.4 Å². The molecule has 4 N–H and O–H groups in total. The average molecular weight is 957 g/mol. The summed E-state index contributed by atoms with van der Waals surface area (Å²) in [6.45, 7) is 10.9. The van der Waals surface area contributed by atoms with Crippen molar-refractivity contribution in [3.05, 3.63) is 74.9 Å². The van der Waals surface area contributed by atoms with Crippen molar-refractivity contribution < 1.29 is 33.0 Å². The SMILES string of the molecule is CNC(=O)COc1cc2cc(Nc3nc(N4CCC(OC5CCC5)CC4)ncc3Cl)ccc2n(C(C)C)c1=O.O=C1CCC(N2Cc3c(ccc(N4CC(N5CCNCC5)C4)c3F)C2=O)C(=O)N1. The van der Waals surface area contributed by atoms with E-state index in [0.29, 0.717) is 51.9 Å². The van der Waals surface area contributed by atoms with E-state index in [1.807, 2.05) is 36.9 Å². The maximum Gasteiger partial charge on any atom is 0.293 e. The number of nitrogens with one attached hydrogen (secondary N) is 4. The molecule has 20 heteroatoms. The lowest BCUT2D eigenvalue weighted by atomic mass is 9.95. The third kappa shape index (κ3) is 9.97. The van der Waals surface area contributed by atoms with E-state index >= 15 is 4.39 Å². The second-order valence-corrected chi connectivity index (χ2v) is 19.0. The van der Waals surface area contributed by atoms with Crippen molar-refractivity contribution in [2.45, 2.75) is 95.7 Å². The van der Waals surface area contributed by atoms with E-state index < -0.39 is 11.9 Å². The van der Waals surface area contributed by atoms with Crippen LogP contribution in [0.5, 0.6) is 5.75 Å². The van der Waals surface area contributed by atoms with Crippen molar-refractivity contribution in [3.8, 4) is 5.75 Å². The fourth-order valence-corrected chi connectivity index (χ4v) is 9.84. The number of hydrogen-bond donors (Lipinski definition) is 4. The van der Waals surface area contributed by atoms with Crippen LogP contribution in [0.4, 0.5) is 27.5 Å². The number of hydrogen-bond acceptors (Lipinski definition) is 14. The summed E-state index contributed by atoms with van der Waals surface area (Å²) in [6, 6.07) is 10.3. The van der Waals surface area contributed by atoms with Crippen LogP contribution in [-0.4, -0.2) is 138 Å². The van der Waals surface area contributed by atoms with Gasteiger partial charge in [0.15, 0.2) is 24.0 Å². The number of halogens is 2. The Morgan fingerprint density at radius 2 is 1.71 bits per heavy atom. The van der Waals surface area contributed by atoms with Crippen LogP contribution in [0.2, 0.25) is 5.02 Å². The summed E-state index contributed by atoms with van der Waals surface area (Å²) in [6.07, 6.45) is 8.39. The smallest absolute Gasteiger partial charge is 0.293 e. The number of imide groups is 1. The fourth-order valence-electron chi connectivity index (χ4n) is 9.70. The molecule has 7 heterocycles. The molecule has 0 radical (unpaired) electrons. The molecular formula is C48H59ClFN11O7. The molecule has 2 aromatic carbocycles. The number of benzene rings is 2. The van der Waals surface area contributed by atoms with Gasteiger partial charge in [-0.3, -0.25) is 34.2 Å². The van der Waals surface area contributed by atoms with Gasteiger partial charge in [-0.2, -0.15) is 4.98 Å². The van der Waals surface area contributed by atoms with Crippen molar-refractivity contribution >= 4 is 69.3 Å². The van der Waals surface area contributed by atoms with Crippen LogP contribution in [0, 0.1) is 5.82 Å². The number of pyridine rings is 1. The van der Waals surface area contributed by atoms with Crippen LogP contribution in [0.3, 0.4) is 0 Å². The Bertz CT molecular complexity index is 2630. The Morgan fingerprint density at radius 3 is 2.40 bits per heavy atom. The van der Waals surface area contributed by atoms with Gasteiger partial charge in [-0.15, -0.1) is 0 Å². The molecule has 4 aromatic rings. The summed E-state index contributed by atoms with van der Waals surface area (Å²) in [5.41, 5.74) is 2.40. The number of piperazine rings is 1. The molecule has 68 heavy (non-hydrogen) atoms. The van der Waals surface area contributed by atoms with Crippen molar-refractivity contribution in [2.24, 2.45) is 0 Å². The molecule has 18 nitrogen and oxygen atoms in total. The molecule has 0 spiro atoms. The van der Waals surface area contributed by atoms with Crippen molar-refractivity contribution in [2.75, 3.05) is 81.1 Å². The van der Waals surface area contributed by atoms with Crippen LogP contribution < -0.4 is 41.4 Å². The van der Waals surface area contributed by atoms with Gasteiger partial charge >= 0.3 is 0 Å². The number of piperidine rings is 2. The van der Waals surface area contributed by atoms with E-state index in [4.69, 9.17) is 26.1 Å². The first-order valence-electron chi connectivity index (χ1n) is 23.7. The number of carbonyl (C=O) groups excluding carboxylic acids is 4. The Hall–Kier alpha value is -5.89. The minimum Gasteiger partial charge on any atom is -0.478 e. The third-order valence-electron chi connectivity index (χ3n) is 13.8. The van der Waals surface area contributed by atoms with Crippen LogP contribution in [0.25, 0.3) is 10.9 Å². The third-order valence-corrected chi connectivity index (χ3v) is 14.1. The van der Waals surface area contributed by atoms with Crippen molar-refractivity contribution in [1.82, 2.24) is 40.3 Å². The monoisotopic (exact) mass is 955 g/mol. The van der Waals surface area contributed by atoms with Crippen LogP contribution in [0.1, 0.15) is 80.8 Å². The van der Waals surface area contributed by atoms with Gasteiger partial charge in [0, 0.05) is 100 Å². The molecule has 362 valence electrons. The standard InChI is InChI=1S/C28H35ClN6O4.C20H24FN5O3/c1-17(2)35-23-8-7-19(13-18(23)14-24(27(35)37)38-16-25(36)30-3)32-26-22(29)15-31-28(33-26)34-11-9-21(10-12-34)39-20-5-4-6-20;21-18-14-11-26(16-3-4-17(27)23-19(16)28)20(29)13(14)1-2-15(18)25-9-12(10-25)24-7-5-22-6-8-24/h7-8,13-15,17,20-21H,4-6,9-12,16H2,1-3H3,(H,30,36)(H,31,32,33);1-2,12,16,22H,3-11H2,(H,23,27,28). The number of aromatic nitrogens is 3.